The molecule has 1 unspecified atom stereocenters. The van der Waals surface area contributed by atoms with E-state index in [-0.39, 0.29) is 25.3 Å². The fraction of sp³-hybridized carbons (Fsp3) is 0.786. The number of rotatable bonds is 7. The Balaban J connectivity index is 1.65. The smallest absolute Gasteiger partial charge is 0.252 e. The molecule has 0 saturated heterocycles. The molecular formula is C14H19F2N3O. The molecule has 1 fully saturated rings. The van der Waals surface area contributed by atoms with E-state index >= 15 is 0 Å². The van der Waals surface area contributed by atoms with Crippen LogP contribution in [0.3, 0.4) is 0 Å². The van der Waals surface area contributed by atoms with Crippen LogP contribution in [0.25, 0.3) is 0 Å². The van der Waals surface area contributed by atoms with Crippen molar-refractivity contribution in [3.8, 4) is 12.3 Å². The van der Waals surface area contributed by atoms with Crippen molar-refractivity contribution in [2.45, 2.75) is 56.5 Å². The van der Waals surface area contributed by atoms with E-state index in [9.17, 15) is 13.6 Å². The van der Waals surface area contributed by atoms with Gasteiger partial charge in [0.25, 0.3) is 5.92 Å². The molecule has 110 valence electrons. The number of hydrogen-bond donors (Lipinski definition) is 1. The zero-order valence-electron chi connectivity index (χ0n) is 11.4. The number of halogens is 2. The molecule has 2 aliphatic rings. The Morgan fingerprint density at radius 2 is 2.15 bits per heavy atom. The van der Waals surface area contributed by atoms with Crippen molar-refractivity contribution in [1.29, 1.82) is 0 Å². The molecule has 2 rings (SSSR count). The van der Waals surface area contributed by atoms with Crippen molar-refractivity contribution < 1.29 is 13.6 Å². The van der Waals surface area contributed by atoms with Gasteiger partial charge in [0.05, 0.1) is 0 Å². The van der Waals surface area contributed by atoms with Gasteiger partial charge in [-0.05, 0) is 12.8 Å². The van der Waals surface area contributed by atoms with E-state index in [0.29, 0.717) is 32.1 Å². The number of terminal acetylenes is 1. The van der Waals surface area contributed by atoms with E-state index in [2.05, 4.69) is 21.5 Å². The summed E-state index contributed by atoms with van der Waals surface area (Å²) in [6.07, 6.45) is 8.08. The van der Waals surface area contributed by atoms with E-state index in [1.54, 1.807) is 0 Å². The van der Waals surface area contributed by atoms with Crippen LogP contribution >= 0.6 is 0 Å². The van der Waals surface area contributed by atoms with Crippen molar-refractivity contribution in [2.24, 2.45) is 16.1 Å². The highest BCUT2D eigenvalue weighted by Gasteiger charge is 2.44. The second-order valence-corrected chi connectivity index (χ2v) is 5.54. The lowest BCUT2D eigenvalue weighted by Gasteiger charge is -2.19. The maximum absolute atomic E-state index is 13.4. The van der Waals surface area contributed by atoms with E-state index in [4.69, 9.17) is 6.42 Å². The van der Waals surface area contributed by atoms with E-state index in [1.165, 1.54) is 0 Å². The molecule has 1 aliphatic carbocycles. The molecule has 1 amide bonds. The van der Waals surface area contributed by atoms with Gasteiger partial charge in [-0.1, -0.05) is 0 Å². The Kier molecular flexibility index (Phi) is 4.36. The van der Waals surface area contributed by atoms with Crippen LogP contribution in [-0.4, -0.2) is 24.0 Å². The first-order valence-corrected chi connectivity index (χ1v) is 6.99. The third kappa shape index (κ3) is 3.75. The summed E-state index contributed by atoms with van der Waals surface area (Å²) >= 11 is 0. The van der Waals surface area contributed by atoms with Gasteiger partial charge in [0.2, 0.25) is 5.91 Å². The number of carbonyl (C=O) groups excluding carboxylic acids is 1. The summed E-state index contributed by atoms with van der Waals surface area (Å²) in [6, 6.07) is 0. The lowest BCUT2D eigenvalue weighted by atomic mass is 10.0. The molecule has 0 radical (unpaired) electrons. The topological polar surface area (TPSA) is 53.8 Å². The van der Waals surface area contributed by atoms with Crippen LogP contribution < -0.4 is 5.32 Å². The highest BCUT2D eigenvalue weighted by Crippen LogP contribution is 2.40. The van der Waals surface area contributed by atoms with E-state index in [1.807, 2.05) is 0 Å². The summed E-state index contributed by atoms with van der Waals surface area (Å²) in [5, 5.41) is 10.5. The SMILES string of the molecule is C#CCCC1(CCC(=O)NCC2CCCC2(F)F)N=N1. The van der Waals surface area contributed by atoms with Crippen molar-refractivity contribution in [2.75, 3.05) is 6.54 Å². The zero-order chi connectivity index (χ0) is 14.6. The minimum Gasteiger partial charge on any atom is -0.356 e. The lowest BCUT2D eigenvalue weighted by molar-refractivity contribution is -0.122. The Morgan fingerprint density at radius 1 is 1.40 bits per heavy atom. The van der Waals surface area contributed by atoms with Crippen molar-refractivity contribution in [3.63, 3.8) is 0 Å². The molecular weight excluding hydrogens is 264 g/mol. The van der Waals surface area contributed by atoms with Crippen LogP contribution in [0.15, 0.2) is 10.2 Å². The summed E-state index contributed by atoms with van der Waals surface area (Å²) in [5.74, 6) is -1.06. The second-order valence-electron chi connectivity index (χ2n) is 5.54. The summed E-state index contributed by atoms with van der Waals surface area (Å²) in [4.78, 5) is 11.7. The normalized spacial score (nSPS) is 25.1. The van der Waals surface area contributed by atoms with E-state index in [0.717, 1.165) is 0 Å². The number of nitrogens with zero attached hydrogens (tertiary/aromatic N) is 2. The van der Waals surface area contributed by atoms with Crippen LogP contribution in [-0.2, 0) is 4.79 Å². The van der Waals surface area contributed by atoms with Crippen LogP contribution in [0.2, 0.25) is 0 Å². The van der Waals surface area contributed by atoms with Crippen LogP contribution in [0.4, 0.5) is 8.78 Å². The summed E-state index contributed by atoms with van der Waals surface area (Å²) in [7, 11) is 0. The van der Waals surface area contributed by atoms with Gasteiger partial charge in [-0.15, -0.1) is 12.3 Å². The molecule has 0 bridgehead atoms. The monoisotopic (exact) mass is 283 g/mol. The number of carbonyl (C=O) groups is 1. The third-order valence-corrected chi connectivity index (χ3v) is 4.01. The first kappa shape index (κ1) is 14.9. The lowest BCUT2D eigenvalue weighted by Crippen LogP contribution is -2.35. The Morgan fingerprint density at radius 3 is 2.70 bits per heavy atom. The Bertz CT molecular complexity index is 436. The summed E-state index contributed by atoms with van der Waals surface area (Å²) in [5.41, 5.74) is -0.485. The molecule has 1 heterocycles. The fourth-order valence-electron chi connectivity index (χ4n) is 2.56. The Hall–Kier alpha value is -1.51. The van der Waals surface area contributed by atoms with Crippen molar-refractivity contribution >= 4 is 5.91 Å². The molecule has 0 aromatic rings. The number of hydrogen-bond acceptors (Lipinski definition) is 3. The van der Waals surface area contributed by atoms with Crippen LogP contribution in [0.5, 0.6) is 0 Å². The van der Waals surface area contributed by atoms with Crippen molar-refractivity contribution in [3.05, 3.63) is 0 Å². The molecule has 1 N–H and O–H groups in total. The van der Waals surface area contributed by atoms with Gasteiger partial charge in [0, 0.05) is 44.6 Å². The molecule has 6 heteroatoms. The molecule has 1 atom stereocenters. The predicted molar refractivity (Wildman–Crippen MR) is 70.2 cm³/mol. The van der Waals surface area contributed by atoms with Gasteiger partial charge in [-0.3, -0.25) is 4.79 Å². The quantitative estimate of drug-likeness (QED) is 0.718. The average molecular weight is 283 g/mol. The maximum atomic E-state index is 13.4. The fourth-order valence-corrected chi connectivity index (χ4v) is 2.56. The second kappa shape index (κ2) is 5.86. The highest BCUT2D eigenvalue weighted by atomic mass is 19.3. The van der Waals surface area contributed by atoms with Crippen molar-refractivity contribution in [1.82, 2.24) is 5.32 Å². The Labute approximate surface area is 117 Å². The minimum absolute atomic E-state index is 0.0531. The van der Waals surface area contributed by atoms with Gasteiger partial charge >= 0.3 is 0 Å². The predicted octanol–water partition coefficient (Wildman–Crippen LogP) is 2.89. The molecule has 0 aromatic carbocycles. The highest BCUT2D eigenvalue weighted by molar-refractivity contribution is 5.76. The van der Waals surface area contributed by atoms with Gasteiger partial charge in [0.15, 0.2) is 5.66 Å². The third-order valence-electron chi connectivity index (χ3n) is 4.01. The standard InChI is InChI=1S/C14H19F2N3O/c1-2-3-7-13(18-19-13)9-6-12(20)17-10-11-5-4-8-14(11,15)16/h1,11H,3-10H2,(H,17,20). The largest absolute Gasteiger partial charge is 0.356 e. The molecule has 0 aromatic heterocycles. The molecule has 4 nitrogen and oxygen atoms in total. The van der Waals surface area contributed by atoms with Gasteiger partial charge in [-0.25, -0.2) is 8.78 Å². The molecule has 1 saturated carbocycles. The van der Waals surface area contributed by atoms with Crippen LogP contribution in [0, 0.1) is 18.3 Å². The molecule has 0 spiro atoms. The van der Waals surface area contributed by atoms with E-state index < -0.39 is 17.5 Å². The van der Waals surface area contributed by atoms with Gasteiger partial charge in [-0.2, -0.15) is 10.2 Å². The number of nitrogens with one attached hydrogen (secondary N) is 1. The maximum Gasteiger partial charge on any atom is 0.252 e. The van der Waals surface area contributed by atoms with Gasteiger partial charge in [0.1, 0.15) is 0 Å². The summed E-state index contributed by atoms with van der Waals surface area (Å²) in [6.45, 7) is 0.0531. The number of alkyl halides is 2. The first-order chi connectivity index (χ1) is 9.47. The first-order valence-electron chi connectivity index (χ1n) is 6.99. The average Bonchev–Trinajstić information content (AvgIpc) is 3.10. The minimum atomic E-state index is -2.64. The summed E-state index contributed by atoms with van der Waals surface area (Å²) < 4.78 is 26.8. The molecule has 1 aliphatic heterocycles. The van der Waals surface area contributed by atoms with Crippen LogP contribution in [0.1, 0.15) is 44.9 Å². The number of amides is 1. The molecule has 20 heavy (non-hydrogen) atoms. The van der Waals surface area contributed by atoms with Gasteiger partial charge < -0.3 is 5.32 Å². The zero-order valence-corrected chi connectivity index (χ0v) is 11.4.